The molecule has 1 unspecified atom stereocenters. The molecule has 21 heavy (non-hydrogen) atoms. The number of aromatic nitrogens is 1. The van der Waals surface area contributed by atoms with Crippen molar-refractivity contribution in [3.63, 3.8) is 0 Å². The molecule has 1 aliphatic rings. The van der Waals surface area contributed by atoms with Gasteiger partial charge in [-0.15, -0.1) is 0 Å². The lowest BCUT2D eigenvalue weighted by molar-refractivity contribution is 0.280. The topological polar surface area (TPSA) is 68.3 Å². The second-order valence-electron chi connectivity index (χ2n) is 5.41. The summed E-state index contributed by atoms with van der Waals surface area (Å²) in [4.78, 5) is 0.292. The fraction of sp³-hybridized carbons (Fsp3) is 0.333. The van der Waals surface area contributed by atoms with Crippen molar-refractivity contribution in [2.45, 2.75) is 31.3 Å². The molecular weight excluding hydrogens is 286 g/mol. The number of nitrogen functional groups attached to an aromatic ring is 1. The van der Waals surface area contributed by atoms with Gasteiger partial charge in [0.1, 0.15) is 0 Å². The van der Waals surface area contributed by atoms with E-state index in [2.05, 4.69) is 4.57 Å². The van der Waals surface area contributed by atoms with Crippen LogP contribution in [0, 0.1) is 6.92 Å². The lowest BCUT2D eigenvalue weighted by atomic mass is 10.2. The van der Waals surface area contributed by atoms with Crippen molar-refractivity contribution in [2.24, 2.45) is 0 Å². The standard InChI is InChI=1S/C15H19N3O2S/c1-11-3-8-15-12(2)18(10-9-17(11)15)21(19,20)14-6-4-13(16)5-7-14/h3-8,12H,9-10,16H2,1-2H3. The van der Waals surface area contributed by atoms with Gasteiger partial charge in [0.05, 0.1) is 10.9 Å². The van der Waals surface area contributed by atoms with Crippen LogP contribution in [0.5, 0.6) is 0 Å². The van der Waals surface area contributed by atoms with Gasteiger partial charge < -0.3 is 10.3 Å². The molecule has 2 aromatic rings. The zero-order valence-corrected chi connectivity index (χ0v) is 13.0. The monoisotopic (exact) mass is 305 g/mol. The molecule has 1 aliphatic heterocycles. The van der Waals surface area contributed by atoms with Crippen LogP contribution in [-0.4, -0.2) is 23.8 Å². The number of sulfonamides is 1. The molecule has 1 atom stereocenters. The number of anilines is 1. The molecule has 0 saturated carbocycles. The van der Waals surface area contributed by atoms with Gasteiger partial charge in [0.2, 0.25) is 10.0 Å². The first-order valence-corrected chi connectivity index (χ1v) is 8.38. The van der Waals surface area contributed by atoms with E-state index in [0.29, 0.717) is 23.7 Å². The maximum absolute atomic E-state index is 12.8. The fourth-order valence-electron chi connectivity index (χ4n) is 2.90. The van der Waals surface area contributed by atoms with E-state index in [-0.39, 0.29) is 6.04 Å². The maximum Gasteiger partial charge on any atom is 0.243 e. The van der Waals surface area contributed by atoms with E-state index in [9.17, 15) is 8.42 Å². The minimum Gasteiger partial charge on any atom is -0.399 e. The molecule has 1 aromatic carbocycles. The maximum atomic E-state index is 12.8. The highest BCUT2D eigenvalue weighted by molar-refractivity contribution is 7.89. The van der Waals surface area contributed by atoms with E-state index in [1.54, 1.807) is 28.6 Å². The van der Waals surface area contributed by atoms with Crippen LogP contribution in [0.15, 0.2) is 41.3 Å². The first-order valence-electron chi connectivity index (χ1n) is 6.94. The normalized spacial score (nSPS) is 19.4. The quantitative estimate of drug-likeness (QED) is 0.864. The van der Waals surface area contributed by atoms with E-state index in [1.165, 1.54) is 5.69 Å². The summed E-state index contributed by atoms with van der Waals surface area (Å²) in [5, 5.41) is 0. The molecule has 3 rings (SSSR count). The Balaban J connectivity index is 1.99. The third-order valence-electron chi connectivity index (χ3n) is 4.12. The van der Waals surface area contributed by atoms with E-state index in [1.807, 2.05) is 26.0 Å². The van der Waals surface area contributed by atoms with E-state index >= 15 is 0 Å². The first kappa shape index (κ1) is 14.2. The van der Waals surface area contributed by atoms with Crippen molar-refractivity contribution in [1.29, 1.82) is 0 Å². The summed E-state index contributed by atoms with van der Waals surface area (Å²) in [5.74, 6) is 0. The van der Waals surface area contributed by atoms with Crippen LogP contribution in [-0.2, 0) is 16.6 Å². The van der Waals surface area contributed by atoms with Crippen LogP contribution in [0.1, 0.15) is 24.4 Å². The largest absolute Gasteiger partial charge is 0.399 e. The highest BCUT2D eigenvalue weighted by Crippen LogP contribution is 2.32. The average molecular weight is 305 g/mol. The first-order chi connectivity index (χ1) is 9.91. The molecule has 0 fully saturated rings. The number of aryl methyl sites for hydroxylation is 1. The zero-order chi connectivity index (χ0) is 15.2. The van der Waals surface area contributed by atoms with Crippen molar-refractivity contribution in [2.75, 3.05) is 12.3 Å². The molecule has 1 aromatic heterocycles. The Morgan fingerprint density at radius 2 is 1.76 bits per heavy atom. The van der Waals surface area contributed by atoms with Crippen LogP contribution < -0.4 is 5.73 Å². The Bertz CT molecular complexity index is 763. The van der Waals surface area contributed by atoms with Crippen LogP contribution >= 0.6 is 0 Å². The van der Waals surface area contributed by atoms with Crippen LogP contribution in [0.3, 0.4) is 0 Å². The number of rotatable bonds is 2. The van der Waals surface area contributed by atoms with Crippen molar-refractivity contribution in [1.82, 2.24) is 8.87 Å². The number of hydrogen-bond acceptors (Lipinski definition) is 3. The summed E-state index contributed by atoms with van der Waals surface area (Å²) in [6.07, 6.45) is 0. The van der Waals surface area contributed by atoms with Gasteiger partial charge in [-0.3, -0.25) is 0 Å². The summed E-state index contributed by atoms with van der Waals surface area (Å²) >= 11 is 0. The van der Waals surface area contributed by atoms with Crippen molar-refractivity contribution >= 4 is 15.7 Å². The van der Waals surface area contributed by atoms with E-state index < -0.39 is 10.0 Å². The second-order valence-corrected chi connectivity index (χ2v) is 7.30. The van der Waals surface area contributed by atoms with Crippen LogP contribution in [0.4, 0.5) is 5.69 Å². The summed E-state index contributed by atoms with van der Waals surface area (Å²) in [6, 6.07) is 10.2. The molecule has 0 amide bonds. The Hall–Kier alpha value is -1.79. The fourth-order valence-corrected chi connectivity index (χ4v) is 4.50. The van der Waals surface area contributed by atoms with Gasteiger partial charge in [0.25, 0.3) is 0 Å². The SMILES string of the molecule is Cc1ccc2n1CCN(S(=O)(=O)c1ccc(N)cc1)C2C. The van der Waals surface area contributed by atoms with Crippen molar-refractivity contribution in [3.8, 4) is 0 Å². The molecule has 5 nitrogen and oxygen atoms in total. The van der Waals surface area contributed by atoms with Gasteiger partial charge in [-0.2, -0.15) is 4.31 Å². The summed E-state index contributed by atoms with van der Waals surface area (Å²) in [7, 11) is -3.50. The Labute approximate surface area is 125 Å². The summed E-state index contributed by atoms with van der Waals surface area (Å²) < 4.78 is 29.3. The number of nitrogens with zero attached hydrogens (tertiary/aromatic N) is 2. The smallest absolute Gasteiger partial charge is 0.243 e. The molecule has 0 aliphatic carbocycles. The highest BCUT2D eigenvalue weighted by atomic mass is 32.2. The lowest BCUT2D eigenvalue weighted by Crippen LogP contribution is -2.40. The van der Waals surface area contributed by atoms with Gasteiger partial charge in [-0.25, -0.2) is 8.42 Å². The van der Waals surface area contributed by atoms with E-state index in [0.717, 1.165) is 5.69 Å². The number of fused-ring (bicyclic) bond motifs is 1. The molecule has 0 spiro atoms. The molecule has 0 bridgehead atoms. The minimum atomic E-state index is -3.50. The highest BCUT2D eigenvalue weighted by Gasteiger charge is 2.34. The van der Waals surface area contributed by atoms with Gasteiger partial charge in [0.15, 0.2) is 0 Å². The summed E-state index contributed by atoms with van der Waals surface area (Å²) in [5.41, 5.74) is 8.40. The molecule has 2 N–H and O–H groups in total. The number of benzene rings is 1. The molecule has 0 saturated heterocycles. The number of hydrogen-bond donors (Lipinski definition) is 1. The minimum absolute atomic E-state index is 0.171. The third kappa shape index (κ3) is 2.24. The van der Waals surface area contributed by atoms with Gasteiger partial charge in [0, 0.05) is 30.2 Å². The van der Waals surface area contributed by atoms with Crippen molar-refractivity contribution in [3.05, 3.63) is 47.8 Å². The summed E-state index contributed by atoms with van der Waals surface area (Å²) in [6.45, 7) is 5.14. The second kappa shape index (κ2) is 4.89. The van der Waals surface area contributed by atoms with Gasteiger partial charge >= 0.3 is 0 Å². The molecule has 0 radical (unpaired) electrons. The molecule has 6 heteroatoms. The molecular formula is C15H19N3O2S. The zero-order valence-electron chi connectivity index (χ0n) is 12.2. The predicted octanol–water partition coefficient (Wildman–Crippen LogP) is 2.14. The van der Waals surface area contributed by atoms with E-state index in [4.69, 9.17) is 5.73 Å². The number of nitrogens with two attached hydrogens (primary N) is 1. The average Bonchev–Trinajstić information content (AvgIpc) is 2.82. The van der Waals surface area contributed by atoms with Crippen molar-refractivity contribution < 1.29 is 8.42 Å². The molecule has 2 heterocycles. The molecule has 112 valence electrons. The lowest BCUT2D eigenvalue weighted by Gasteiger charge is -2.34. The van der Waals surface area contributed by atoms with Gasteiger partial charge in [-0.1, -0.05) is 0 Å². The van der Waals surface area contributed by atoms with Gasteiger partial charge in [-0.05, 0) is 50.2 Å². The predicted molar refractivity (Wildman–Crippen MR) is 82.3 cm³/mol. The third-order valence-corrected chi connectivity index (χ3v) is 6.11. The Morgan fingerprint density at radius 1 is 1.10 bits per heavy atom. The van der Waals surface area contributed by atoms with Crippen LogP contribution in [0.2, 0.25) is 0 Å². The Morgan fingerprint density at radius 3 is 2.43 bits per heavy atom. The van der Waals surface area contributed by atoms with Crippen LogP contribution in [0.25, 0.3) is 0 Å². The Kier molecular flexibility index (Phi) is 3.30.